The summed E-state index contributed by atoms with van der Waals surface area (Å²) in [4.78, 5) is 0. The summed E-state index contributed by atoms with van der Waals surface area (Å²) in [6.45, 7) is -1.83. The van der Waals surface area contributed by atoms with Crippen molar-refractivity contribution < 1.29 is 24.1 Å². The first-order valence-electron chi connectivity index (χ1n) is 19.2. The van der Waals surface area contributed by atoms with Crippen LogP contribution in [0.4, 0.5) is 0 Å². The highest BCUT2D eigenvalue weighted by atomic mass is 16.3. The van der Waals surface area contributed by atoms with Crippen molar-refractivity contribution >= 4 is 21.9 Å². The van der Waals surface area contributed by atoms with Crippen LogP contribution in [0.25, 0.3) is 55.4 Å². The number of fused-ring (bicyclic) bond motifs is 3. The van der Waals surface area contributed by atoms with Gasteiger partial charge in [-0.2, -0.15) is 0 Å². The van der Waals surface area contributed by atoms with Crippen molar-refractivity contribution in [3.63, 3.8) is 0 Å². The Hall–Kier alpha value is -4.17. The van der Waals surface area contributed by atoms with E-state index in [-0.39, 0.29) is 22.3 Å². The number of benzene rings is 4. The molecule has 6 aromatic rings. The maximum absolute atomic E-state index is 8.92. The van der Waals surface area contributed by atoms with Crippen molar-refractivity contribution in [3.8, 4) is 33.5 Å². The first kappa shape index (κ1) is 16.9. The Morgan fingerprint density at radius 2 is 1.46 bits per heavy atom. The highest BCUT2D eigenvalue weighted by Gasteiger charge is 2.24. The minimum absolute atomic E-state index is 0.0907. The normalized spacial score (nSPS) is 17.2. The lowest BCUT2D eigenvalue weighted by Crippen LogP contribution is -2.31. The molecule has 4 aromatic carbocycles. The predicted molar refractivity (Wildman–Crippen MR) is 173 cm³/mol. The van der Waals surface area contributed by atoms with Crippen LogP contribution >= 0.6 is 0 Å². The molecule has 0 saturated carbocycles. The molecule has 2 aromatic heterocycles. The minimum atomic E-state index is -2.94. The van der Waals surface area contributed by atoms with Crippen molar-refractivity contribution in [1.82, 2.24) is 0 Å². The van der Waals surface area contributed by atoms with Gasteiger partial charge in [0.1, 0.15) is 18.2 Å². The fourth-order valence-corrected chi connectivity index (χ4v) is 5.61. The van der Waals surface area contributed by atoms with Crippen LogP contribution in [0.2, 0.25) is 0 Å². The molecule has 0 amide bonds. The van der Waals surface area contributed by atoms with Crippen molar-refractivity contribution in [3.05, 3.63) is 113 Å². The van der Waals surface area contributed by atoms with Gasteiger partial charge in [-0.05, 0) is 95.9 Å². The second-order valence-corrected chi connectivity index (χ2v) is 11.7. The Bertz CT molecular complexity index is 2310. The highest BCUT2D eigenvalue weighted by molar-refractivity contribution is 6.10. The summed E-state index contributed by atoms with van der Waals surface area (Å²) in [6, 6.07) is 23.7. The molecular weight excluding hydrogens is 498 g/mol. The fraction of sp³-hybridized carbons (Fsp3) is 0.256. The molecule has 0 saturated heterocycles. The fourth-order valence-electron chi connectivity index (χ4n) is 5.61. The summed E-state index contributed by atoms with van der Waals surface area (Å²) in [5, 5.41) is 1.69. The zero-order valence-corrected chi connectivity index (χ0v) is 23.9. The Morgan fingerprint density at radius 3 is 2.15 bits per heavy atom. The summed E-state index contributed by atoms with van der Waals surface area (Å²) < 4.78 is 103. The molecule has 2 heteroatoms. The van der Waals surface area contributed by atoms with Gasteiger partial charge in [-0.15, -0.1) is 0 Å². The molecule has 0 unspecified atom stereocenters. The van der Waals surface area contributed by atoms with Crippen LogP contribution in [0.5, 0.6) is 0 Å². The molecule has 0 aliphatic heterocycles. The van der Waals surface area contributed by atoms with E-state index >= 15 is 0 Å². The van der Waals surface area contributed by atoms with E-state index in [2.05, 4.69) is 0 Å². The van der Waals surface area contributed by atoms with E-state index in [9.17, 15) is 0 Å². The first-order chi connectivity index (χ1) is 23.9. The number of aryl methyl sites for hydroxylation is 5. The van der Waals surface area contributed by atoms with Crippen LogP contribution in [0, 0.1) is 32.9 Å². The van der Waals surface area contributed by atoms with E-state index in [1.807, 2.05) is 67.6 Å². The molecular formula is C39H40NO+. The zero-order valence-electron chi connectivity index (χ0n) is 34.9. The van der Waals surface area contributed by atoms with E-state index in [0.717, 1.165) is 27.5 Å². The third kappa shape index (κ3) is 4.97. The van der Waals surface area contributed by atoms with Gasteiger partial charge in [0, 0.05) is 37.5 Å². The van der Waals surface area contributed by atoms with Crippen LogP contribution in [-0.4, -0.2) is 0 Å². The van der Waals surface area contributed by atoms with Gasteiger partial charge in [0.25, 0.3) is 0 Å². The van der Waals surface area contributed by atoms with Crippen molar-refractivity contribution in [2.75, 3.05) is 0 Å². The molecule has 2 nitrogen and oxygen atoms in total. The molecule has 0 radical (unpaired) electrons. The first-order valence-corrected chi connectivity index (χ1v) is 13.7. The van der Waals surface area contributed by atoms with Gasteiger partial charge in [-0.25, -0.2) is 4.57 Å². The second kappa shape index (κ2) is 10.0. The monoisotopic (exact) mass is 549 g/mol. The molecule has 0 aliphatic rings. The number of aromatic nitrogens is 1. The van der Waals surface area contributed by atoms with Crippen LogP contribution in [0.15, 0.2) is 89.5 Å². The Kier molecular flexibility index (Phi) is 4.14. The van der Waals surface area contributed by atoms with Crippen LogP contribution < -0.4 is 4.57 Å². The largest absolute Gasteiger partial charge is 0.455 e. The van der Waals surface area contributed by atoms with Crippen LogP contribution in [-0.2, 0) is 13.4 Å². The van der Waals surface area contributed by atoms with E-state index < -0.39 is 43.5 Å². The Morgan fingerprint density at radius 1 is 0.756 bits per heavy atom. The van der Waals surface area contributed by atoms with Gasteiger partial charge in [0.05, 0.1) is 5.56 Å². The number of hydrogen-bond donors (Lipinski definition) is 0. The topological polar surface area (TPSA) is 17.0 Å². The second-order valence-electron chi connectivity index (χ2n) is 11.7. The van der Waals surface area contributed by atoms with Gasteiger partial charge in [-0.1, -0.05) is 81.4 Å². The number of rotatable bonds is 4. The van der Waals surface area contributed by atoms with Gasteiger partial charge < -0.3 is 4.42 Å². The Balaban J connectivity index is 1.72. The average Bonchev–Trinajstić information content (AvgIpc) is 3.40. The van der Waals surface area contributed by atoms with E-state index in [0.29, 0.717) is 22.4 Å². The Labute approximate surface area is 259 Å². The zero-order chi connectivity index (χ0) is 38.3. The number of furan rings is 1. The number of nitrogens with zero attached hydrogens (tertiary/aromatic N) is 1. The maximum atomic E-state index is 8.92. The summed E-state index contributed by atoms with van der Waals surface area (Å²) in [5.41, 5.74) is 2.40. The summed E-state index contributed by atoms with van der Waals surface area (Å²) in [5.74, 6) is 0. The lowest BCUT2D eigenvalue weighted by Gasteiger charge is -2.21. The molecule has 0 atom stereocenters. The summed E-state index contributed by atoms with van der Waals surface area (Å²) in [6.07, 6.45) is -0.748. The van der Waals surface area contributed by atoms with Gasteiger partial charge in [0.2, 0.25) is 5.69 Å². The molecule has 0 spiro atoms. The van der Waals surface area contributed by atoms with Gasteiger partial charge in [0.15, 0.2) is 6.20 Å². The third-order valence-electron chi connectivity index (χ3n) is 7.41. The SMILES string of the molecule is [2H]C([2H])([2H])c1c[n+](C)c(-c2c(C)ccc3c2oc2cc(-c4ccccc4)ccc23)cc1-c1c(C([2H])([2H])[2H])cc(C([2H])([2H])C(C)(C)C)cc1C([2H])([2H])[2H]. The summed E-state index contributed by atoms with van der Waals surface area (Å²) >= 11 is 0. The van der Waals surface area contributed by atoms with Crippen molar-refractivity contribution in [2.45, 2.75) is 54.6 Å². The molecule has 41 heavy (non-hydrogen) atoms. The lowest BCUT2D eigenvalue weighted by atomic mass is 9.84. The van der Waals surface area contributed by atoms with E-state index in [4.69, 9.17) is 19.5 Å². The average molecular weight is 550 g/mol. The molecule has 0 bridgehead atoms. The predicted octanol–water partition coefficient (Wildman–Crippen LogP) is 10.2. The molecule has 6 rings (SSSR count). The molecule has 0 N–H and O–H groups in total. The van der Waals surface area contributed by atoms with Crippen LogP contribution in [0.1, 0.15) is 63.7 Å². The van der Waals surface area contributed by atoms with Crippen LogP contribution in [0.3, 0.4) is 0 Å². The minimum Gasteiger partial charge on any atom is -0.455 e. The molecule has 0 aliphatic carbocycles. The lowest BCUT2D eigenvalue weighted by molar-refractivity contribution is -0.660. The third-order valence-corrected chi connectivity index (χ3v) is 7.41. The molecule has 0 fully saturated rings. The maximum Gasteiger partial charge on any atom is 0.216 e. The van der Waals surface area contributed by atoms with Gasteiger partial charge >= 0.3 is 0 Å². The number of hydrogen-bond acceptors (Lipinski definition) is 1. The summed E-state index contributed by atoms with van der Waals surface area (Å²) in [7, 11) is 1.68. The number of pyridine rings is 1. The van der Waals surface area contributed by atoms with Crippen molar-refractivity contribution in [2.24, 2.45) is 12.5 Å². The van der Waals surface area contributed by atoms with Gasteiger partial charge in [-0.3, -0.25) is 0 Å². The highest BCUT2D eigenvalue weighted by Crippen LogP contribution is 2.40. The van der Waals surface area contributed by atoms with E-state index in [1.54, 1.807) is 32.4 Å². The molecule has 206 valence electrons. The standard InChI is InChI=1S/C39H40NO/c1-24-14-16-32-31-17-15-30(29-12-10-9-11-13-29)20-35(31)41-38(32)37(24)34-21-33(27(4)23-40(34)8)36-25(2)18-28(19-26(36)3)22-39(5,6)7/h9-21,23H,22H2,1-8H3/q+1/i2D3,3D3,4D3,22D2. The smallest absolute Gasteiger partial charge is 0.216 e. The molecule has 2 heterocycles. The quantitative estimate of drug-likeness (QED) is 0.200. The van der Waals surface area contributed by atoms with Crippen molar-refractivity contribution in [1.29, 1.82) is 0 Å². The van der Waals surface area contributed by atoms with E-state index in [1.165, 1.54) is 24.4 Å².